The van der Waals surface area contributed by atoms with E-state index in [9.17, 15) is 0 Å². The molecule has 35 heavy (non-hydrogen) atoms. The Kier molecular flexibility index (Phi) is 8.05. The van der Waals surface area contributed by atoms with Crippen molar-refractivity contribution < 1.29 is 29.3 Å². The van der Waals surface area contributed by atoms with Crippen molar-refractivity contribution in [2.75, 3.05) is 26.2 Å². The number of hydrogen-bond donors (Lipinski definition) is 2. The van der Waals surface area contributed by atoms with Crippen LogP contribution in [0.2, 0.25) is 0 Å². The van der Waals surface area contributed by atoms with E-state index in [1.54, 1.807) is 0 Å². The minimum absolute atomic E-state index is 0.136. The number of aromatic nitrogens is 1. The third-order valence-electron chi connectivity index (χ3n) is 6.39. The van der Waals surface area contributed by atoms with Crippen molar-refractivity contribution in [3.05, 3.63) is 84.2 Å². The van der Waals surface area contributed by atoms with E-state index in [-0.39, 0.29) is 6.10 Å². The Labute approximate surface area is 204 Å². The fourth-order valence-corrected chi connectivity index (χ4v) is 4.59. The molecule has 0 saturated carbocycles. The molecule has 1 unspecified atom stereocenters. The van der Waals surface area contributed by atoms with Gasteiger partial charge in [-0.3, -0.25) is 4.90 Å². The molecule has 0 aliphatic carbocycles. The van der Waals surface area contributed by atoms with E-state index >= 15 is 0 Å². The Morgan fingerprint density at radius 2 is 1.60 bits per heavy atom. The molecule has 3 heterocycles. The molecule has 8 heteroatoms. The molecule has 2 aliphatic rings. The lowest BCUT2D eigenvalue weighted by Crippen LogP contribution is -2.39. The van der Waals surface area contributed by atoms with Gasteiger partial charge in [0.15, 0.2) is 0 Å². The number of para-hydroxylation sites is 2. The Morgan fingerprint density at radius 1 is 0.914 bits per heavy atom. The maximum absolute atomic E-state index is 9.10. The van der Waals surface area contributed by atoms with Crippen molar-refractivity contribution in [3.8, 4) is 11.5 Å². The van der Waals surface area contributed by atoms with Crippen LogP contribution in [0, 0.1) is 5.92 Å². The first kappa shape index (κ1) is 24.3. The van der Waals surface area contributed by atoms with Crippen molar-refractivity contribution in [2.24, 2.45) is 5.92 Å². The number of rotatable bonds is 5. The number of benzene rings is 2. The summed E-state index contributed by atoms with van der Waals surface area (Å²) < 4.78 is 14.8. The van der Waals surface area contributed by atoms with Crippen LogP contribution in [0.25, 0.3) is 0 Å². The van der Waals surface area contributed by atoms with Crippen LogP contribution in [0.5, 0.6) is 11.5 Å². The summed E-state index contributed by atoms with van der Waals surface area (Å²) in [7, 11) is 0. The average molecular weight is 479 g/mol. The highest BCUT2D eigenvalue weighted by atomic mass is 16.5. The molecule has 184 valence electrons. The van der Waals surface area contributed by atoms with Crippen LogP contribution >= 0.6 is 0 Å². The number of hydrogen-bond acceptors (Lipinski definition) is 5. The molecule has 1 saturated heterocycles. The predicted molar refractivity (Wildman–Crippen MR) is 130 cm³/mol. The van der Waals surface area contributed by atoms with Gasteiger partial charge in [0.2, 0.25) is 0 Å². The first-order valence-corrected chi connectivity index (χ1v) is 11.8. The van der Waals surface area contributed by atoms with Gasteiger partial charge in [0.1, 0.15) is 24.2 Å². The largest absolute Gasteiger partial charge is 0.492 e. The topological polar surface area (TPSA) is 101 Å². The highest BCUT2D eigenvalue weighted by Gasteiger charge is 2.33. The highest BCUT2D eigenvalue weighted by Crippen LogP contribution is 2.38. The van der Waals surface area contributed by atoms with Gasteiger partial charge in [0.25, 0.3) is 0 Å². The van der Waals surface area contributed by atoms with E-state index in [0.29, 0.717) is 5.92 Å². The molecule has 5 rings (SSSR count). The third-order valence-corrected chi connectivity index (χ3v) is 6.39. The van der Waals surface area contributed by atoms with E-state index in [1.807, 2.05) is 30.3 Å². The van der Waals surface area contributed by atoms with Gasteiger partial charge in [-0.25, -0.2) is 9.59 Å². The molecule has 0 bridgehead atoms. The molecule has 1 atom stereocenters. The third kappa shape index (κ3) is 6.42. The van der Waals surface area contributed by atoms with Gasteiger partial charge < -0.3 is 24.3 Å². The zero-order valence-corrected chi connectivity index (χ0v) is 19.5. The molecule has 1 aromatic heterocycles. The molecule has 2 N–H and O–H groups in total. The number of piperidine rings is 1. The van der Waals surface area contributed by atoms with Gasteiger partial charge in [-0.2, -0.15) is 0 Å². The number of aliphatic carboxylic acids is 2. The first-order valence-electron chi connectivity index (χ1n) is 11.8. The molecule has 1 fully saturated rings. The van der Waals surface area contributed by atoms with Crippen LogP contribution in [-0.4, -0.2) is 57.9 Å². The summed E-state index contributed by atoms with van der Waals surface area (Å²) in [6.45, 7) is 4.82. The number of ether oxygens (including phenoxy) is 2. The lowest BCUT2D eigenvalue weighted by molar-refractivity contribution is -0.159. The number of likely N-dealkylation sites (tertiary alicyclic amines) is 1. The summed E-state index contributed by atoms with van der Waals surface area (Å²) in [5.74, 6) is -1.11. The second-order valence-corrected chi connectivity index (χ2v) is 8.66. The van der Waals surface area contributed by atoms with Gasteiger partial charge in [0.05, 0.1) is 12.2 Å². The minimum Gasteiger partial charge on any atom is -0.492 e. The highest BCUT2D eigenvalue weighted by molar-refractivity contribution is 6.27. The number of fused-ring (bicyclic) bond motifs is 2. The molecule has 2 aliphatic heterocycles. The van der Waals surface area contributed by atoms with Crippen LogP contribution < -0.4 is 9.47 Å². The quantitative estimate of drug-likeness (QED) is 0.536. The summed E-state index contributed by atoms with van der Waals surface area (Å²) >= 11 is 0. The number of carboxylic acid groups (broad SMARTS) is 2. The van der Waals surface area contributed by atoms with Crippen molar-refractivity contribution >= 4 is 11.9 Å². The van der Waals surface area contributed by atoms with Gasteiger partial charge in [-0.15, -0.1) is 0 Å². The van der Waals surface area contributed by atoms with Crippen molar-refractivity contribution in [3.63, 3.8) is 0 Å². The minimum atomic E-state index is -1.82. The Balaban J connectivity index is 0.000000431. The van der Waals surface area contributed by atoms with E-state index in [1.165, 1.54) is 11.3 Å². The summed E-state index contributed by atoms with van der Waals surface area (Å²) in [5, 5.41) is 14.8. The SMILES string of the molecule is O=C(O)C(=O)O.c1ccc(OCCN2CCC(C3Oc4ccccc4Cn4cccc43)CC2)cc1. The standard InChI is InChI=1S/C25H28N2O2.C2H2O4/c1-2-8-22(9-3-1)28-18-17-26-15-12-20(13-16-26)25-23-10-6-14-27(23)19-21-7-4-5-11-24(21)29-25;3-1(4)2(5)6/h1-11,14,20,25H,12-13,15-19H2;(H,3,4)(H,5,6). The zero-order chi connectivity index (χ0) is 24.6. The number of nitrogens with zero attached hydrogens (tertiary/aromatic N) is 2. The Morgan fingerprint density at radius 3 is 2.31 bits per heavy atom. The van der Waals surface area contributed by atoms with Crippen molar-refractivity contribution in [2.45, 2.75) is 25.5 Å². The maximum Gasteiger partial charge on any atom is 0.414 e. The van der Waals surface area contributed by atoms with Crippen molar-refractivity contribution in [1.29, 1.82) is 0 Å². The zero-order valence-electron chi connectivity index (χ0n) is 19.5. The fourth-order valence-electron chi connectivity index (χ4n) is 4.59. The second kappa shape index (κ2) is 11.6. The second-order valence-electron chi connectivity index (χ2n) is 8.66. The number of carbonyl (C=O) groups is 2. The van der Waals surface area contributed by atoms with Crippen LogP contribution in [0.15, 0.2) is 72.9 Å². The molecule has 8 nitrogen and oxygen atoms in total. The molecule has 0 spiro atoms. The van der Waals surface area contributed by atoms with Gasteiger partial charge in [0, 0.05) is 24.2 Å². The summed E-state index contributed by atoms with van der Waals surface area (Å²) in [6.07, 6.45) is 4.63. The van der Waals surface area contributed by atoms with E-state index in [0.717, 1.165) is 57.1 Å². The predicted octanol–water partition coefficient (Wildman–Crippen LogP) is 3.92. The van der Waals surface area contributed by atoms with Crippen LogP contribution in [0.1, 0.15) is 30.2 Å². The molecule has 2 aromatic carbocycles. The van der Waals surface area contributed by atoms with E-state index in [4.69, 9.17) is 29.3 Å². The molecule has 3 aromatic rings. The normalized spacial score (nSPS) is 17.5. The molecule has 0 amide bonds. The maximum atomic E-state index is 9.10. The van der Waals surface area contributed by atoms with Crippen LogP contribution in [0.3, 0.4) is 0 Å². The summed E-state index contributed by atoms with van der Waals surface area (Å²) in [6, 6.07) is 22.9. The van der Waals surface area contributed by atoms with Gasteiger partial charge >= 0.3 is 11.9 Å². The van der Waals surface area contributed by atoms with E-state index in [2.05, 4.69) is 52.1 Å². The van der Waals surface area contributed by atoms with Gasteiger partial charge in [-0.1, -0.05) is 36.4 Å². The average Bonchev–Trinajstić information content (AvgIpc) is 3.26. The summed E-state index contributed by atoms with van der Waals surface area (Å²) in [5.41, 5.74) is 2.58. The molecular weight excluding hydrogens is 448 g/mol. The summed E-state index contributed by atoms with van der Waals surface area (Å²) in [4.78, 5) is 20.7. The van der Waals surface area contributed by atoms with E-state index < -0.39 is 11.9 Å². The molecule has 0 radical (unpaired) electrons. The first-order chi connectivity index (χ1) is 17.0. The van der Waals surface area contributed by atoms with Crippen LogP contribution in [0.4, 0.5) is 0 Å². The van der Waals surface area contributed by atoms with Gasteiger partial charge in [-0.05, 0) is 56.3 Å². The number of carboxylic acids is 2. The smallest absolute Gasteiger partial charge is 0.414 e. The lowest BCUT2D eigenvalue weighted by atomic mass is 9.89. The van der Waals surface area contributed by atoms with Crippen molar-refractivity contribution in [1.82, 2.24) is 9.47 Å². The van der Waals surface area contributed by atoms with Crippen LogP contribution in [-0.2, 0) is 16.1 Å². The lowest BCUT2D eigenvalue weighted by Gasteiger charge is -2.35. The Hall–Kier alpha value is -3.78. The Bertz CT molecular complexity index is 1110. The fraction of sp³-hybridized carbons (Fsp3) is 0.333. The molecular formula is C27H30N2O6. The monoisotopic (exact) mass is 478 g/mol.